The number of carbonyl (C=O) groups is 1. The highest BCUT2D eigenvalue weighted by atomic mass is 16.4. The summed E-state index contributed by atoms with van der Waals surface area (Å²) in [6.07, 6.45) is 4.73. The van der Waals surface area contributed by atoms with Crippen molar-refractivity contribution in [3.63, 3.8) is 0 Å². The van der Waals surface area contributed by atoms with Gasteiger partial charge in [0.1, 0.15) is 5.65 Å². The van der Waals surface area contributed by atoms with Gasteiger partial charge in [-0.25, -0.2) is 9.78 Å². The maximum Gasteiger partial charge on any atom is 0.407 e. The molecule has 7 heteroatoms. The molecular weight excluding hydrogens is 306 g/mol. The number of pyridine rings is 1. The normalized spacial score (nSPS) is 22.6. The molecule has 5 rings (SSSR count). The number of hydrogen-bond donors (Lipinski definition) is 2. The molecule has 1 saturated heterocycles. The lowest BCUT2D eigenvalue weighted by molar-refractivity contribution is 0.153. The van der Waals surface area contributed by atoms with Gasteiger partial charge in [0.15, 0.2) is 0 Å². The van der Waals surface area contributed by atoms with Gasteiger partial charge in [-0.15, -0.1) is 0 Å². The van der Waals surface area contributed by atoms with Crippen molar-refractivity contribution in [3.05, 3.63) is 36.3 Å². The summed E-state index contributed by atoms with van der Waals surface area (Å²) in [5.74, 6) is 0. The Morgan fingerprint density at radius 1 is 1.29 bits per heavy atom. The summed E-state index contributed by atoms with van der Waals surface area (Å²) in [5, 5.41) is 15.1. The molecule has 24 heavy (non-hydrogen) atoms. The third-order valence-electron chi connectivity index (χ3n) is 5.45. The van der Waals surface area contributed by atoms with Gasteiger partial charge in [-0.3, -0.25) is 4.68 Å². The standard InChI is InChI=1S/C17H17N5O2/c23-16(24)21-5-2-17(10-21)3-6-22-14(17)8-13(20-22)12-7-11-1-4-18-15(11)19-9-12/h1,4,7-9H,2-3,5-6,10H2,(H,18,19)(H,23,24). The number of likely N-dealkylation sites (tertiary alicyclic amines) is 1. The van der Waals surface area contributed by atoms with Crippen molar-refractivity contribution in [1.82, 2.24) is 24.6 Å². The smallest absolute Gasteiger partial charge is 0.407 e. The maximum atomic E-state index is 11.3. The van der Waals surface area contributed by atoms with Crippen LogP contribution in [0.5, 0.6) is 0 Å². The average Bonchev–Trinajstić information content (AvgIpc) is 3.32. The zero-order valence-electron chi connectivity index (χ0n) is 13.1. The third-order valence-corrected chi connectivity index (χ3v) is 5.45. The first-order valence-corrected chi connectivity index (χ1v) is 8.14. The summed E-state index contributed by atoms with van der Waals surface area (Å²) >= 11 is 0. The summed E-state index contributed by atoms with van der Waals surface area (Å²) in [7, 11) is 0. The van der Waals surface area contributed by atoms with Crippen molar-refractivity contribution in [2.45, 2.75) is 24.8 Å². The zero-order chi connectivity index (χ0) is 16.3. The van der Waals surface area contributed by atoms with Crippen LogP contribution in [-0.2, 0) is 12.0 Å². The topological polar surface area (TPSA) is 87.0 Å². The molecule has 1 fully saturated rings. The van der Waals surface area contributed by atoms with Crippen molar-refractivity contribution in [2.75, 3.05) is 13.1 Å². The Balaban J connectivity index is 1.54. The van der Waals surface area contributed by atoms with Gasteiger partial charge in [0.2, 0.25) is 0 Å². The largest absolute Gasteiger partial charge is 0.465 e. The van der Waals surface area contributed by atoms with Crippen molar-refractivity contribution < 1.29 is 9.90 Å². The lowest BCUT2D eigenvalue weighted by Gasteiger charge is -2.21. The van der Waals surface area contributed by atoms with Crippen LogP contribution in [0.4, 0.5) is 4.79 Å². The second kappa shape index (κ2) is 4.59. The third kappa shape index (κ3) is 1.81. The Hall–Kier alpha value is -2.83. The second-order valence-corrected chi connectivity index (χ2v) is 6.76. The van der Waals surface area contributed by atoms with E-state index in [1.54, 1.807) is 0 Å². The van der Waals surface area contributed by atoms with Crippen LogP contribution in [0, 0.1) is 0 Å². The first kappa shape index (κ1) is 13.6. The van der Waals surface area contributed by atoms with E-state index in [4.69, 9.17) is 5.10 Å². The molecule has 2 aliphatic heterocycles. The summed E-state index contributed by atoms with van der Waals surface area (Å²) in [5.41, 5.74) is 3.86. The molecular formula is C17H17N5O2. The molecule has 1 unspecified atom stereocenters. The van der Waals surface area contributed by atoms with Crippen LogP contribution >= 0.6 is 0 Å². The molecule has 3 aromatic heterocycles. The Morgan fingerprint density at radius 3 is 3.00 bits per heavy atom. The fraction of sp³-hybridized carbons (Fsp3) is 0.353. The molecule has 122 valence electrons. The molecule has 2 aliphatic rings. The molecule has 7 nitrogen and oxygen atoms in total. The number of aromatic nitrogens is 4. The number of aromatic amines is 1. The minimum absolute atomic E-state index is 0.0742. The fourth-order valence-corrected chi connectivity index (χ4v) is 4.13. The number of aryl methyl sites for hydroxylation is 1. The minimum Gasteiger partial charge on any atom is -0.465 e. The zero-order valence-corrected chi connectivity index (χ0v) is 13.1. The number of rotatable bonds is 1. The van der Waals surface area contributed by atoms with Crippen LogP contribution in [0.15, 0.2) is 30.6 Å². The lowest BCUT2D eigenvalue weighted by Crippen LogP contribution is -2.32. The van der Waals surface area contributed by atoms with Crippen molar-refractivity contribution in [3.8, 4) is 11.3 Å². The summed E-state index contributed by atoms with van der Waals surface area (Å²) in [6.45, 7) is 2.03. The molecule has 1 spiro atoms. The van der Waals surface area contributed by atoms with Gasteiger partial charge in [-0.05, 0) is 31.0 Å². The number of amides is 1. The number of hydrogen-bond acceptors (Lipinski definition) is 3. The Kier molecular flexibility index (Phi) is 2.60. The molecule has 5 heterocycles. The van der Waals surface area contributed by atoms with Crippen LogP contribution in [0.3, 0.4) is 0 Å². The highest BCUT2D eigenvalue weighted by Gasteiger charge is 2.46. The van der Waals surface area contributed by atoms with Gasteiger partial charge < -0.3 is 15.0 Å². The van der Waals surface area contributed by atoms with Crippen LogP contribution in [0.25, 0.3) is 22.3 Å². The van der Waals surface area contributed by atoms with E-state index in [-0.39, 0.29) is 5.41 Å². The van der Waals surface area contributed by atoms with Crippen molar-refractivity contribution in [2.24, 2.45) is 0 Å². The summed E-state index contributed by atoms with van der Waals surface area (Å²) in [4.78, 5) is 20.3. The number of fused-ring (bicyclic) bond motifs is 3. The second-order valence-electron chi connectivity index (χ2n) is 6.76. The van der Waals surface area contributed by atoms with Gasteiger partial charge in [0, 0.05) is 54.1 Å². The van der Waals surface area contributed by atoms with E-state index in [1.165, 1.54) is 4.90 Å². The Bertz CT molecular complexity index is 959. The van der Waals surface area contributed by atoms with Crippen LogP contribution in [0.2, 0.25) is 0 Å². The molecule has 0 radical (unpaired) electrons. The average molecular weight is 323 g/mol. The monoisotopic (exact) mass is 323 g/mol. The van der Waals surface area contributed by atoms with Crippen molar-refractivity contribution >= 4 is 17.1 Å². The Labute approximate surface area is 137 Å². The lowest BCUT2D eigenvalue weighted by atomic mass is 9.82. The van der Waals surface area contributed by atoms with Crippen molar-refractivity contribution in [1.29, 1.82) is 0 Å². The summed E-state index contributed by atoms with van der Waals surface area (Å²) in [6, 6.07) is 6.20. The van der Waals surface area contributed by atoms with E-state index in [9.17, 15) is 9.90 Å². The molecule has 1 amide bonds. The highest BCUT2D eigenvalue weighted by molar-refractivity contribution is 5.80. The molecule has 0 aromatic carbocycles. The van der Waals surface area contributed by atoms with Gasteiger partial charge in [-0.1, -0.05) is 0 Å². The van der Waals surface area contributed by atoms with Crippen LogP contribution in [-0.4, -0.2) is 48.9 Å². The van der Waals surface area contributed by atoms with Crippen LogP contribution < -0.4 is 0 Å². The van der Waals surface area contributed by atoms with Gasteiger partial charge in [-0.2, -0.15) is 5.10 Å². The van der Waals surface area contributed by atoms with E-state index in [0.717, 1.165) is 47.4 Å². The first-order chi connectivity index (χ1) is 11.6. The number of carboxylic acid groups (broad SMARTS) is 1. The number of nitrogens with one attached hydrogen (secondary N) is 1. The van der Waals surface area contributed by atoms with E-state index < -0.39 is 6.09 Å². The molecule has 0 saturated carbocycles. The van der Waals surface area contributed by atoms with Crippen LogP contribution in [0.1, 0.15) is 18.5 Å². The highest BCUT2D eigenvalue weighted by Crippen LogP contribution is 2.43. The number of nitrogens with zero attached hydrogens (tertiary/aromatic N) is 4. The van der Waals surface area contributed by atoms with E-state index in [0.29, 0.717) is 13.1 Å². The van der Waals surface area contributed by atoms with E-state index in [1.807, 2.05) is 23.1 Å². The number of H-pyrrole nitrogens is 1. The van der Waals surface area contributed by atoms with E-state index in [2.05, 4.69) is 22.1 Å². The predicted molar refractivity (Wildman–Crippen MR) is 87.8 cm³/mol. The van der Waals surface area contributed by atoms with Gasteiger partial charge in [0.05, 0.1) is 5.69 Å². The summed E-state index contributed by atoms with van der Waals surface area (Å²) < 4.78 is 2.04. The molecule has 0 aliphatic carbocycles. The maximum absolute atomic E-state index is 11.3. The molecule has 2 N–H and O–H groups in total. The first-order valence-electron chi connectivity index (χ1n) is 8.14. The quantitative estimate of drug-likeness (QED) is 0.720. The fourth-order valence-electron chi connectivity index (χ4n) is 4.13. The van der Waals surface area contributed by atoms with Gasteiger partial charge >= 0.3 is 6.09 Å². The molecule has 0 bridgehead atoms. The van der Waals surface area contributed by atoms with Gasteiger partial charge in [0.25, 0.3) is 0 Å². The minimum atomic E-state index is -0.827. The predicted octanol–water partition coefficient (Wildman–Crippen LogP) is 2.45. The van der Waals surface area contributed by atoms with E-state index >= 15 is 0 Å². The molecule has 1 atom stereocenters. The SMILES string of the molecule is O=C(O)N1CCC2(CCn3nc(-c4cnc5[nH]ccc5c4)cc32)C1. The Morgan fingerprint density at radius 2 is 2.17 bits per heavy atom. The molecule has 3 aromatic rings.